The van der Waals surface area contributed by atoms with Gasteiger partial charge in [-0.1, -0.05) is 26.7 Å². The van der Waals surface area contributed by atoms with E-state index in [4.69, 9.17) is 4.74 Å². The highest BCUT2D eigenvalue weighted by Gasteiger charge is 2.18. The van der Waals surface area contributed by atoms with Gasteiger partial charge in [-0.05, 0) is 6.42 Å². The molecule has 0 amide bonds. The summed E-state index contributed by atoms with van der Waals surface area (Å²) < 4.78 is 8.87. The first kappa shape index (κ1) is 13.2. The van der Waals surface area contributed by atoms with Crippen molar-refractivity contribution in [3.63, 3.8) is 0 Å². The number of carbonyl (C=O) groups excluding carboxylic acids is 1. The van der Waals surface area contributed by atoms with Crippen molar-refractivity contribution in [1.82, 2.24) is 0 Å². The van der Waals surface area contributed by atoms with Gasteiger partial charge in [0.05, 0.1) is 6.10 Å². The van der Waals surface area contributed by atoms with Crippen molar-refractivity contribution in [1.29, 1.82) is 0 Å². The number of aliphatic hydroxyl groups excluding tert-OH is 1. The average molecular weight is 204 g/mol. The molecule has 0 aromatic rings. The molecule has 0 radical (unpaired) electrons. The van der Waals surface area contributed by atoms with Gasteiger partial charge in [0.25, 0.3) is 0 Å². The summed E-state index contributed by atoms with van der Waals surface area (Å²) >= 11 is 0. The van der Waals surface area contributed by atoms with Crippen LogP contribution in [0.4, 0.5) is 0 Å². The Kier molecular flexibility index (Phi) is 8.33. The van der Waals surface area contributed by atoms with Gasteiger partial charge in [-0.2, -0.15) is 0 Å². The quantitative estimate of drug-likeness (QED) is 0.218. The summed E-state index contributed by atoms with van der Waals surface area (Å²) in [6, 6.07) is 0. The Balaban J connectivity index is 3.68. The average Bonchev–Trinajstić information content (AvgIpc) is 2.17. The van der Waals surface area contributed by atoms with Crippen LogP contribution in [0.3, 0.4) is 0 Å². The Bertz CT molecular complexity index is 156. The summed E-state index contributed by atoms with van der Waals surface area (Å²) in [6.07, 6.45) is 3.07. The number of aliphatic hydroxyl groups is 1. The molecule has 4 nitrogen and oxygen atoms in total. The van der Waals surface area contributed by atoms with E-state index in [-0.39, 0.29) is 12.4 Å². The highest BCUT2D eigenvalue weighted by atomic mass is 17.1. The first-order chi connectivity index (χ1) is 6.74. The highest BCUT2D eigenvalue weighted by Crippen LogP contribution is 2.03. The third-order valence-electron chi connectivity index (χ3n) is 1.88. The van der Waals surface area contributed by atoms with Gasteiger partial charge < -0.3 is 15.1 Å². The van der Waals surface area contributed by atoms with Crippen LogP contribution in [0.2, 0.25) is 0 Å². The van der Waals surface area contributed by atoms with Crippen molar-refractivity contribution in [2.45, 2.75) is 52.1 Å². The molecule has 0 aromatic carbocycles. The van der Waals surface area contributed by atoms with Gasteiger partial charge in [-0.3, -0.25) is 4.58 Å². The van der Waals surface area contributed by atoms with Gasteiger partial charge in [0.2, 0.25) is 0 Å². The lowest BCUT2D eigenvalue weighted by Crippen LogP contribution is -2.21. The van der Waals surface area contributed by atoms with Gasteiger partial charge in [0.15, 0.2) is 6.61 Å². The van der Waals surface area contributed by atoms with Crippen molar-refractivity contribution in [2.24, 2.45) is 0 Å². The summed E-state index contributed by atoms with van der Waals surface area (Å²) in [7, 11) is 0. The minimum absolute atomic E-state index is 0.000556. The molecule has 0 aromatic heterocycles. The lowest BCUT2D eigenvalue weighted by Gasteiger charge is -2.04. The second kappa shape index (κ2) is 8.81. The van der Waals surface area contributed by atoms with E-state index < -0.39 is 6.10 Å². The number of hydrogen-bond donors (Lipinski definition) is 1. The molecule has 0 aliphatic heterocycles. The molecule has 0 rings (SSSR count). The van der Waals surface area contributed by atoms with Crippen molar-refractivity contribution in [2.75, 3.05) is 6.61 Å². The van der Waals surface area contributed by atoms with E-state index in [9.17, 15) is 10.4 Å². The summed E-state index contributed by atoms with van der Waals surface area (Å²) in [5, 5.41) is 19.6. The molecule has 0 heterocycles. The Morgan fingerprint density at radius 2 is 2.14 bits per heavy atom. The SMILES string of the molecule is CCCCOC(CC(O)CCC)=[O+][O-]. The van der Waals surface area contributed by atoms with E-state index in [1.807, 2.05) is 13.8 Å². The largest absolute Gasteiger partial charge is 0.588 e. The maximum absolute atomic E-state index is 10.2. The van der Waals surface area contributed by atoms with E-state index in [0.717, 1.165) is 19.3 Å². The molecular formula is C10H20O4. The second-order valence-electron chi connectivity index (χ2n) is 3.30. The van der Waals surface area contributed by atoms with E-state index in [1.54, 1.807) is 0 Å². The summed E-state index contributed by atoms with van der Waals surface area (Å²) in [5.41, 5.74) is 0. The zero-order valence-corrected chi connectivity index (χ0v) is 8.99. The molecule has 0 saturated carbocycles. The third-order valence-corrected chi connectivity index (χ3v) is 1.88. The molecule has 0 saturated heterocycles. The number of hydrogen-bond acceptors (Lipinski definition) is 3. The Morgan fingerprint density at radius 1 is 1.43 bits per heavy atom. The normalized spacial score (nSPS) is 14.1. The van der Waals surface area contributed by atoms with Gasteiger partial charge in [-0.25, -0.2) is 0 Å². The van der Waals surface area contributed by atoms with E-state index >= 15 is 0 Å². The van der Waals surface area contributed by atoms with Crippen molar-refractivity contribution in [3.05, 3.63) is 0 Å². The zero-order chi connectivity index (χ0) is 10.8. The van der Waals surface area contributed by atoms with Gasteiger partial charge in [0.1, 0.15) is 6.42 Å². The lowest BCUT2D eigenvalue weighted by atomic mass is 10.1. The number of rotatable bonds is 7. The van der Waals surface area contributed by atoms with Crippen molar-refractivity contribution >= 4 is 5.97 Å². The molecule has 14 heavy (non-hydrogen) atoms. The molecule has 0 aliphatic rings. The predicted molar refractivity (Wildman–Crippen MR) is 51.4 cm³/mol. The zero-order valence-electron chi connectivity index (χ0n) is 8.99. The van der Waals surface area contributed by atoms with E-state index in [1.165, 1.54) is 0 Å². The molecule has 0 bridgehead atoms. The minimum atomic E-state index is -0.537. The van der Waals surface area contributed by atoms with Gasteiger partial charge in [-0.15, -0.1) is 0 Å². The fourth-order valence-corrected chi connectivity index (χ4v) is 1.08. The van der Waals surface area contributed by atoms with Crippen molar-refractivity contribution < 1.29 is 19.7 Å². The maximum atomic E-state index is 10.2. The smallest absolute Gasteiger partial charge is 0.499 e. The van der Waals surface area contributed by atoms with Crippen LogP contribution in [0.15, 0.2) is 0 Å². The molecule has 1 atom stereocenters. The Hall–Kier alpha value is -0.770. The molecule has 0 aliphatic carbocycles. The Labute approximate surface area is 85.1 Å². The highest BCUT2D eigenvalue weighted by molar-refractivity contribution is 5.70. The monoisotopic (exact) mass is 204 g/mol. The first-order valence-electron chi connectivity index (χ1n) is 5.21. The van der Waals surface area contributed by atoms with E-state index in [0.29, 0.717) is 13.0 Å². The van der Waals surface area contributed by atoms with Gasteiger partial charge in [0, 0.05) is 6.42 Å². The Morgan fingerprint density at radius 3 is 2.64 bits per heavy atom. The molecule has 0 fully saturated rings. The van der Waals surface area contributed by atoms with Crippen LogP contribution in [-0.2, 0) is 9.31 Å². The summed E-state index contributed by atoms with van der Waals surface area (Å²) in [5.74, 6) is -0.000556. The topological polar surface area (TPSA) is 63.8 Å². The molecule has 0 spiro atoms. The number of ether oxygens (including phenoxy) is 1. The summed E-state index contributed by atoms with van der Waals surface area (Å²) in [4.78, 5) is 0. The fourth-order valence-electron chi connectivity index (χ4n) is 1.08. The van der Waals surface area contributed by atoms with Gasteiger partial charge >= 0.3 is 5.97 Å². The number of esters is 1. The maximum Gasteiger partial charge on any atom is 0.499 e. The molecule has 4 heteroatoms. The molecular weight excluding hydrogens is 184 g/mol. The van der Waals surface area contributed by atoms with Crippen LogP contribution in [0.1, 0.15) is 46.0 Å². The van der Waals surface area contributed by atoms with E-state index in [2.05, 4.69) is 4.58 Å². The molecule has 84 valence electrons. The van der Waals surface area contributed by atoms with Crippen LogP contribution in [-0.4, -0.2) is 23.8 Å². The van der Waals surface area contributed by atoms with Crippen LogP contribution < -0.4 is 5.26 Å². The van der Waals surface area contributed by atoms with Crippen LogP contribution in [0.25, 0.3) is 0 Å². The van der Waals surface area contributed by atoms with Crippen LogP contribution in [0.5, 0.6) is 0 Å². The first-order valence-corrected chi connectivity index (χ1v) is 5.21. The number of unbranched alkanes of at least 4 members (excludes halogenated alkanes) is 1. The van der Waals surface area contributed by atoms with Crippen LogP contribution >= 0.6 is 0 Å². The lowest BCUT2D eigenvalue weighted by molar-refractivity contribution is -1.05. The summed E-state index contributed by atoms with van der Waals surface area (Å²) in [6.45, 7) is 4.48. The molecule has 1 N–H and O–H groups in total. The van der Waals surface area contributed by atoms with Crippen LogP contribution in [0, 0.1) is 0 Å². The third kappa shape index (κ3) is 6.71. The fraction of sp³-hybridized carbons (Fsp3) is 0.900. The van der Waals surface area contributed by atoms with Crippen molar-refractivity contribution in [3.8, 4) is 0 Å². The predicted octanol–water partition coefficient (Wildman–Crippen LogP) is 0.692. The second-order valence-corrected chi connectivity index (χ2v) is 3.30. The molecule has 1 unspecified atom stereocenters. The minimum Gasteiger partial charge on any atom is -0.588 e. The standard InChI is InChI=1S/C10H20O4/c1-3-5-7-13-10(14-12)8-9(11)6-4-2/h9,11H,3-8H2,1-2H3.